The Labute approximate surface area is 127 Å². The minimum Gasteiger partial charge on any atom is -0.480 e. The summed E-state index contributed by atoms with van der Waals surface area (Å²) in [4.78, 5) is 27.2. The standard InChI is InChI=1S/C15H28N2O4/c1-7-12(13(18)19)16-8-10(2)17(11(3)9-16)14(20)21-15(4,5)6/h10-12H,7-9H2,1-6H3,(H,18,19)/t10-,11-,12?/m1/s1. The molecule has 1 fully saturated rings. The van der Waals surface area contributed by atoms with Gasteiger partial charge < -0.3 is 14.7 Å². The zero-order chi connectivity index (χ0) is 16.4. The fraction of sp³-hybridized carbons (Fsp3) is 0.867. The Morgan fingerprint density at radius 1 is 1.24 bits per heavy atom. The Bertz CT molecular complexity index is 380. The van der Waals surface area contributed by atoms with Crippen LogP contribution in [0.4, 0.5) is 4.79 Å². The fourth-order valence-electron chi connectivity index (χ4n) is 2.88. The van der Waals surface area contributed by atoms with Crippen LogP contribution in [0.5, 0.6) is 0 Å². The number of ether oxygens (including phenoxy) is 1. The summed E-state index contributed by atoms with van der Waals surface area (Å²) in [6, 6.07) is -0.635. The Balaban J connectivity index is 2.79. The monoisotopic (exact) mass is 300 g/mol. The number of carbonyl (C=O) groups excluding carboxylic acids is 1. The topological polar surface area (TPSA) is 70.1 Å². The van der Waals surface area contributed by atoms with E-state index >= 15 is 0 Å². The van der Waals surface area contributed by atoms with Crippen LogP contribution in [0.25, 0.3) is 0 Å². The molecule has 1 amide bonds. The molecule has 0 aromatic carbocycles. The van der Waals surface area contributed by atoms with Gasteiger partial charge in [-0.3, -0.25) is 9.69 Å². The molecule has 1 N–H and O–H groups in total. The maximum absolute atomic E-state index is 12.3. The van der Waals surface area contributed by atoms with Crippen molar-refractivity contribution in [3.05, 3.63) is 0 Å². The van der Waals surface area contributed by atoms with Gasteiger partial charge >= 0.3 is 12.1 Å². The molecule has 3 atom stereocenters. The molecule has 0 bridgehead atoms. The average Bonchev–Trinajstić information content (AvgIpc) is 2.25. The molecule has 1 unspecified atom stereocenters. The molecule has 0 aliphatic carbocycles. The smallest absolute Gasteiger partial charge is 0.410 e. The van der Waals surface area contributed by atoms with E-state index in [2.05, 4.69) is 0 Å². The fourth-order valence-corrected chi connectivity index (χ4v) is 2.88. The maximum atomic E-state index is 12.3. The first-order valence-corrected chi connectivity index (χ1v) is 7.55. The van der Waals surface area contributed by atoms with Crippen molar-refractivity contribution in [1.29, 1.82) is 0 Å². The van der Waals surface area contributed by atoms with E-state index in [1.54, 1.807) is 4.90 Å². The van der Waals surface area contributed by atoms with Gasteiger partial charge in [-0.1, -0.05) is 6.92 Å². The van der Waals surface area contributed by atoms with Crippen molar-refractivity contribution in [3.8, 4) is 0 Å². The highest BCUT2D eigenvalue weighted by Gasteiger charge is 2.38. The van der Waals surface area contributed by atoms with Gasteiger partial charge in [0.2, 0.25) is 0 Å². The van der Waals surface area contributed by atoms with Crippen LogP contribution >= 0.6 is 0 Å². The van der Waals surface area contributed by atoms with Crippen molar-refractivity contribution < 1.29 is 19.4 Å². The van der Waals surface area contributed by atoms with E-state index in [1.807, 2.05) is 46.4 Å². The van der Waals surface area contributed by atoms with Gasteiger partial charge in [-0.2, -0.15) is 0 Å². The van der Waals surface area contributed by atoms with E-state index in [9.17, 15) is 14.7 Å². The predicted octanol–water partition coefficient (Wildman–Crippen LogP) is 2.18. The zero-order valence-electron chi connectivity index (χ0n) is 13.9. The van der Waals surface area contributed by atoms with Crippen LogP contribution < -0.4 is 0 Å². The van der Waals surface area contributed by atoms with E-state index in [1.165, 1.54) is 0 Å². The summed E-state index contributed by atoms with van der Waals surface area (Å²) in [7, 11) is 0. The summed E-state index contributed by atoms with van der Waals surface area (Å²) < 4.78 is 5.44. The number of carboxylic acids is 1. The SMILES string of the molecule is CCC(C(=O)O)N1C[C@@H](C)N(C(=O)OC(C)(C)C)[C@H](C)C1. The van der Waals surface area contributed by atoms with E-state index in [4.69, 9.17) is 4.74 Å². The first-order chi connectivity index (χ1) is 9.56. The number of carboxylic acid groups (broad SMARTS) is 1. The number of hydrogen-bond acceptors (Lipinski definition) is 4. The van der Waals surface area contributed by atoms with Gasteiger partial charge in [0.25, 0.3) is 0 Å². The molecule has 0 aromatic heterocycles. The molecule has 122 valence electrons. The van der Waals surface area contributed by atoms with E-state index in [0.29, 0.717) is 19.5 Å². The first-order valence-electron chi connectivity index (χ1n) is 7.55. The Hall–Kier alpha value is -1.30. The second-order valence-electron chi connectivity index (χ2n) is 6.80. The molecule has 21 heavy (non-hydrogen) atoms. The number of rotatable bonds is 3. The third kappa shape index (κ3) is 4.59. The van der Waals surface area contributed by atoms with Crippen LogP contribution in [0.1, 0.15) is 48.0 Å². The average molecular weight is 300 g/mol. The van der Waals surface area contributed by atoms with Crippen molar-refractivity contribution in [2.24, 2.45) is 0 Å². The third-order valence-electron chi connectivity index (χ3n) is 3.66. The van der Waals surface area contributed by atoms with Crippen molar-refractivity contribution in [2.75, 3.05) is 13.1 Å². The second kappa shape index (κ2) is 6.64. The lowest BCUT2D eigenvalue weighted by Crippen LogP contribution is -2.62. The molecule has 6 nitrogen and oxygen atoms in total. The molecule has 1 heterocycles. The normalized spacial score (nSPS) is 25.5. The molecule has 0 radical (unpaired) electrons. The van der Waals surface area contributed by atoms with Crippen molar-refractivity contribution in [3.63, 3.8) is 0 Å². The van der Waals surface area contributed by atoms with Crippen LogP contribution in [0.2, 0.25) is 0 Å². The van der Waals surface area contributed by atoms with E-state index in [-0.39, 0.29) is 18.2 Å². The lowest BCUT2D eigenvalue weighted by molar-refractivity contribution is -0.145. The highest BCUT2D eigenvalue weighted by atomic mass is 16.6. The van der Waals surface area contributed by atoms with E-state index in [0.717, 1.165) is 0 Å². The molecule has 0 saturated carbocycles. The van der Waals surface area contributed by atoms with E-state index < -0.39 is 17.6 Å². The summed E-state index contributed by atoms with van der Waals surface area (Å²) in [6.45, 7) is 12.4. The van der Waals surface area contributed by atoms with Gasteiger partial charge in [0.05, 0.1) is 0 Å². The molecular formula is C15H28N2O4. The molecular weight excluding hydrogens is 272 g/mol. The summed E-state index contributed by atoms with van der Waals surface area (Å²) in [5, 5.41) is 9.28. The van der Waals surface area contributed by atoms with Crippen LogP contribution in [0, 0.1) is 0 Å². The molecule has 6 heteroatoms. The number of nitrogens with zero attached hydrogens (tertiary/aromatic N) is 2. The zero-order valence-corrected chi connectivity index (χ0v) is 13.9. The summed E-state index contributed by atoms with van der Waals surface area (Å²) >= 11 is 0. The lowest BCUT2D eigenvalue weighted by Gasteiger charge is -2.46. The molecule has 1 rings (SSSR count). The Morgan fingerprint density at radius 3 is 2.05 bits per heavy atom. The van der Waals surface area contributed by atoms with Gasteiger partial charge in [0.15, 0.2) is 0 Å². The maximum Gasteiger partial charge on any atom is 0.410 e. The van der Waals surface area contributed by atoms with Gasteiger partial charge in [-0.25, -0.2) is 4.79 Å². The van der Waals surface area contributed by atoms with Gasteiger partial charge in [0, 0.05) is 25.2 Å². The minimum absolute atomic E-state index is 0.0722. The largest absolute Gasteiger partial charge is 0.480 e. The molecule has 1 saturated heterocycles. The molecule has 1 aliphatic rings. The number of piperazine rings is 1. The number of amides is 1. The second-order valence-corrected chi connectivity index (χ2v) is 6.80. The third-order valence-corrected chi connectivity index (χ3v) is 3.66. The number of aliphatic carboxylic acids is 1. The highest BCUT2D eigenvalue weighted by Crippen LogP contribution is 2.22. The van der Waals surface area contributed by atoms with Gasteiger partial charge in [0.1, 0.15) is 11.6 Å². The molecule has 1 aliphatic heterocycles. The molecule has 0 spiro atoms. The van der Waals surface area contributed by atoms with Crippen LogP contribution in [-0.2, 0) is 9.53 Å². The molecule has 0 aromatic rings. The quantitative estimate of drug-likeness (QED) is 0.865. The van der Waals surface area contributed by atoms with Crippen molar-refractivity contribution in [1.82, 2.24) is 9.80 Å². The first kappa shape index (κ1) is 17.8. The van der Waals surface area contributed by atoms with Crippen LogP contribution in [0.3, 0.4) is 0 Å². The Kier molecular flexibility index (Phi) is 5.61. The summed E-state index contributed by atoms with van der Waals surface area (Å²) in [6.07, 6.45) is 0.229. The summed E-state index contributed by atoms with van der Waals surface area (Å²) in [5.74, 6) is -0.803. The Morgan fingerprint density at radius 2 is 1.71 bits per heavy atom. The number of carbonyl (C=O) groups is 2. The minimum atomic E-state index is -0.803. The van der Waals surface area contributed by atoms with Crippen LogP contribution in [0.15, 0.2) is 0 Å². The van der Waals surface area contributed by atoms with Crippen molar-refractivity contribution in [2.45, 2.75) is 71.7 Å². The van der Waals surface area contributed by atoms with Gasteiger partial charge in [-0.05, 0) is 41.0 Å². The van der Waals surface area contributed by atoms with Crippen LogP contribution in [-0.4, -0.2) is 63.8 Å². The number of hydrogen-bond donors (Lipinski definition) is 1. The lowest BCUT2D eigenvalue weighted by atomic mass is 10.0. The van der Waals surface area contributed by atoms with Gasteiger partial charge in [-0.15, -0.1) is 0 Å². The summed E-state index contributed by atoms with van der Waals surface area (Å²) in [5.41, 5.74) is -0.527. The highest BCUT2D eigenvalue weighted by molar-refractivity contribution is 5.73. The predicted molar refractivity (Wildman–Crippen MR) is 80.3 cm³/mol. The van der Waals surface area contributed by atoms with Crippen molar-refractivity contribution >= 4 is 12.1 Å².